The molecule has 0 aliphatic heterocycles. The second-order valence-corrected chi connectivity index (χ2v) is 8.19. The number of fused-ring (bicyclic) bond motifs is 2. The lowest BCUT2D eigenvalue weighted by Gasteiger charge is -2.14. The summed E-state index contributed by atoms with van der Waals surface area (Å²) in [5.41, 5.74) is -0.514. The summed E-state index contributed by atoms with van der Waals surface area (Å²) in [6.45, 7) is -0.515. The Morgan fingerprint density at radius 1 is 1.14 bits per heavy atom. The first-order valence-electron chi connectivity index (χ1n) is 8.55. The summed E-state index contributed by atoms with van der Waals surface area (Å²) in [4.78, 5) is 16.7. The normalized spacial score (nSPS) is 11.9. The zero-order valence-corrected chi connectivity index (χ0v) is 15.7. The van der Waals surface area contributed by atoms with Crippen LogP contribution in [0.25, 0.3) is 16.7 Å². The van der Waals surface area contributed by atoms with E-state index in [0.29, 0.717) is 5.65 Å². The Bertz CT molecular complexity index is 1470. The summed E-state index contributed by atoms with van der Waals surface area (Å²) in [5.74, 6) is -0.599. The number of benzene rings is 1. The maximum atomic E-state index is 13.2. The van der Waals surface area contributed by atoms with Crippen LogP contribution in [0, 0.1) is 11.2 Å². The van der Waals surface area contributed by atoms with Gasteiger partial charge >= 0.3 is 0 Å². The molecule has 0 bridgehead atoms. The standard InChI is InChI=1S/C19H15FN4O4S/c20-12-4-6-13(7-5-12)29(27,28)15-11-14-18(24(9-10-25)17(15)21)22-16-3-1-2-8-23(16)19(14)26/h1-8,11,21,25H,9-10H2. The van der Waals surface area contributed by atoms with Crippen LogP contribution in [-0.4, -0.2) is 34.1 Å². The van der Waals surface area contributed by atoms with E-state index in [2.05, 4.69) is 4.98 Å². The van der Waals surface area contributed by atoms with Crippen molar-refractivity contribution in [3.63, 3.8) is 0 Å². The van der Waals surface area contributed by atoms with Crippen LogP contribution >= 0.6 is 0 Å². The molecule has 1 aromatic carbocycles. The number of hydrogen-bond donors (Lipinski definition) is 2. The van der Waals surface area contributed by atoms with Gasteiger partial charge in [0.1, 0.15) is 27.5 Å². The molecule has 10 heteroatoms. The third-order valence-corrected chi connectivity index (χ3v) is 6.30. The van der Waals surface area contributed by atoms with Crippen molar-refractivity contribution in [2.75, 3.05) is 6.61 Å². The minimum Gasteiger partial charge on any atom is -0.395 e. The van der Waals surface area contributed by atoms with E-state index < -0.39 is 31.6 Å². The first-order chi connectivity index (χ1) is 13.8. The molecule has 4 aromatic rings. The number of hydrogen-bond acceptors (Lipinski definition) is 6. The summed E-state index contributed by atoms with van der Waals surface area (Å²) < 4.78 is 41.8. The smallest absolute Gasteiger partial charge is 0.267 e. The molecule has 0 fully saturated rings. The predicted molar refractivity (Wildman–Crippen MR) is 102 cm³/mol. The van der Waals surface area contributed by atoms with Crippen LogP contribution in [0.5, 0.6) is 0 Å². The largest absolute Gasteiger partial charge is 0.395 e. The molecule has 0 unspecified atom stereocenters. The second kappa shape index (κ2) is 6.90. The predicted octanol–water partition coefficient (Wildman–Crippen LogP) is 1.09. The Labute approximate surface area is 163 Å². The average Bonchev–Trinajstić information content (AvgIpc) is 2.70. The van der Waals surface area contributed by atoms with Crippen LogP contribution in [0.4, 0.5) is 4.39 Å². The van der Waals surface area contributed by atoms with Crippen molar-refractivity contribution < 1.29 is 17.9 Å². The van der Waals surface area contributed by atoms with Gasteiger partial charge in [-0.25, -0.2) is 17.8 Å². The van der Waals surface area contributed by atoms with E-state index in [1.165, 1.54) is 15.2 Å². The fourth-order valence-corrected chi connectivity index (χ4v) is 4.51. The first-order valence-corrected chi connectivity index (χ1v) is 10.0. The van der Waals surface area contributed by atoms with Gasteiger partial charge in [-0.05, 0) is 42.5 Å². The maximum Gasteiger partial charge on any atom is 0.267 e. The highest BCUT2D eigenvalue weighted by molar-refractivity contribution is 7.91. The first kappa shape index (κ1) is 19.0. The summed E-state index contributed by atoms with van der Waals surface area (Å²) in [7, 11) is -4.22. The molecular weight excluding hydrogens is 399 g/mol. The highest BCUT2D eigenvalue weighted by Gasteiger charge is 2.24. The monoisotopic (exact) mass is 414 g/mol. The number of nitrogens with zero attached hydrogens (tertiary/aromatic N) is 3. The number of rotatable bonds is 4. The molecule has 2 N–H and O–H groups in total. The van der Waals surface area contributed by atoms with E-state index in [4.69, 9.17) is 5.41 Å². The molecule has 4 rings (SSSR count). The summed E-state index contributed by atoms with van der Waals surface area (Å²) in [6.07, 6.45) is 1.50. The van der Waals surface area contributed by atoms with Crippen LogP contribution in [0.15, 0.2) is 69.3 Å². The molecule has 0 saturated carbocycles. The zero-order valence-electron chi connectivity index (χ0n) is 14.9. The highest BCUT2D eigenvalue weighted by Crippen LogP contribution is 2.21. The molecule has 0 aliphatic rings. The van der Waals surface area contributed by atoms with Gasteiger partial charge in [0.2, 0.25) is 9.84 Å². The Morgan fingerprint density at radius 3 is 2.55 bits per heavy atom. The van der Waals surface area contributed by atoms with E-state index in [0.717, 1.165) is 30.3 Å². The molecule has 148 valence electrons. The van der Waals surface area contributed by atoms with E-state index >= 15 is 0 Å². The van der Waals surface area contributed by atoms with Gasteiger partial charge in [-0.2, -0.15) is 0 Å². The number of aliphatic hydroxyl groups excluding tert-OH is 1. The van der Waals surface area contributed by atoms with Gasteiger partial charge in [0, 0.05) is 12.7 Å². The van der Waals surface area contributed by atoms with Crippen molar-refractivity contribution in [1.29, 1.82) is 5.41 Å². The Hall–Kier alpha value is -3.37. The van der Waals surface area contributed by atoms with E-state index in [9.17, 15) is 22.7 Å². The van der Waals surface area contributed by atoms with Gasteiger partial charge in [-0.3, -0.25) is 14.6 Å². The third-order valence-electron chi connectivity index (χ3n) is 4.52. The van der Waals surface area contributed by atoms with Crippen LogP contribution < -0.4 is 11.0 Å². The van der Waals surface area contributed by atoms with Gasteiger partial charge in [-0.15, -0.1) is 0 Å². The molecule has 8 nitrogen and oxygen atoms in total. The van der Waals surface area contributed by atoms with Crippen molar-refractivity contribution >= 4 is 26.5 Å². The van der Waals surface area contributed by atoms with Gasteiger partial charge in [0.15, 0.2) is 0 Å². The van der Waals surface area contributed by atoms with Gasteiger partial charge in [-0.1, -0.05) is 6.07 Å². The van der Waals surface area contributed by atoms with Crippen LogP contribution in [0.1, 0.15) is 0 Å². The molecule has 0 saturated heterocycles. The molecule has 3 aromatic heterocycles. The second-order valence-electron chi connectivity index (χ2n) is 6.27. The average molecular weight is 414 g/mol. The van der Waals surface area contributed by atoms with Crippen molar-refractivity contribution in [3.8, 4) is 0 Å². The van der Waals surface area contributed by atoms with E-state index in [1.807, 2.05) is 0 Å². The molecule has 29 heavy (non-hydrogen) atoms. The van der Waals surface area contributed by atoms with Crippen molar-refractivity contribution in [3.05, 3.63) is 76.4 Å². The summed E-state index contributed by atoms with van der Waals surface area (Å²) >= 11 is 0. The molecule has 0 spiro atoms. The lowest BCUT2D eigenvalue weighted by atomic mass is 10.3. The molecule has 0 atom stereocenters. The fourth-order valence-electron chi connectivity index (χ4n) is 3.12. The number of sulfone groups is 1. The molecule has 0 radical (unpaired) electrons. The van der Waals surface area contributed by atoms with Gasteiger partial charge in [0.05, 0.1) is 16.9 Å². The zero-order chi connectivity index (χ0) is 20.8. The Balaban J connectivity index is 2.13. The number of aliphatic hydroxyl groups is 1. The van der Waals surface area contributed by atoms with Gasteiger partial charge in [0.25, 0.3) is 5.56 Å². The fraction of sp³-hybridized carbons (Fsp3) is 0.105. The molecule has 3 heterocycles. The Morgan fingerprint density at radius 2 is 1.86 bits per heavy atom. The summed E-state index contributed by atoms with van der Waals surface area (Å²) in [5, 5.41) is 17.8. The quantitative estimate of drug-likeness (QED) is 0.383. The topological polar surface area (TPSA) is 118 Å². The van der Waals surface area contributed by atoms with Crippen molar-refractivity contribution in [2.24, 2.45) is 0 Å². The number of halogens is 1. The SMILES string of the molecule is N=c1c(S(=O)(=O)c2ccc(F)cc2)cc2c(=O)n3ccccc3nc2n1CCO. The lowest BCUT2D eigenvalue weighted by Crippen LogP contribution is -2.30. The molecular formula is C19H15FN4O4S. The minimum atomic E-state index is -4.22. The molecule has 0 aliphatic carbocycles. The van der Waals surface area contributed by atoms with Crippen LogP contribution in [-0.2, 0) is 16.4 Å². The van der Waals surface area contributed by atoms with Crippen LogP contribution in [0.3, 0.4) is 0 Å². The van der Waals surface area contributed by atoms with Gasteiger partial charge < -0.3 is 9.67 Å². The van der Waals surface area contributed by atoms with Crippen molar-refractivity contribution in [1.82, 2.24) is 14.0 Å². The number of nitrogens with one attached hydrogen (secondary N) is 1. The van der Waals surface area contributed by atoms with E-state index in [1.54, 1.807) is 18.2 Å². The minimum absolute atomic E-state index is 0.0150. The maximum absolute atomic E-state index is 13.2. The molecule has 0 amide bonds. The highest BCUT2D eigenvalue weighted by atomic mass is 32.2. The summed E-state index contributed by atoms with van der Waals surface area (Å²) in [6, 6.07) is 10.2. The lowest BCUT2D eigenvalue weighted by molar-refractivity contribution is 0.274. The van der Waals surface area contributed by atoms with Crippen molar-refractivity contribution in [2.45, 2.75) is 16.3 Å². The number of aromatic nitrogens is 3. The number of pyridine rings is 2. The van der Waals surface area contributed by atoms with E-state index in [-0.39, 0.29) is 29.1 Å². The van der Waals surface area contributed by atoms with Crippen LogP contribution in [0.2, 0.25) is 0 Å². The third kappa shape index (κ3) is 3.02. The Kier molecular flexibility index (Phi) is 4.52.